The zero-order valence-corrected chi connectivity index (χ0v) is 16.5. The van der Waals surface area contributed by atoms with Crippen molar-refractivity contribution < 1.29 is 29.6 Å². The van der Waals surface area contributed by atoms with Crippen LogP contribution in [0.1, 0.15) is 52.4 Å². The second kappa shape index (κ2) is 12.2. The van der Waals surface area contributed by atoms with Gasteiger partial charge in [-0.1, -0.05) is 44.1 Å². The van der Waals surface area contributed by atoms with Crippen molar-refractivity contribution in [3.63, 3.8) is 0 Å². The van der Waals surface area contributed by atoms with E-state index in [9.17, 15) is 19.8 Å². The summed E-state index contributed by atoms with van der Waals surface area (Å²) in [5, 5.41) is 29.1. The summed E-state index contributed by atoms with van der Waals surface area (Å²) in [7, 11) is 0. The molecule has 0 aliphatic heterocycles. The van der Waals surface area contributed by atoms with Gasteiger partial charge in [0.15, 0.2) is 5.78 Å². The highest BCUT2D eigenvalue weighted by molar-refractivity contribution is 5.84. The van der Waals surface area contributed by atoms with Gasteiger partial charge in [-0.2, -0.15) is 0 Å². The maximum Gasteiger partial charge on any atom is 0.183 e. The monoisotopic (exact) mass is 382 g/mol. The maximum atomic E-state index is 12.2. The molecule has 4 atom stereocenters. The summed E-state index contributed by atoms with van der Waals surface area (Å²) in [6, 6.07) is 0. The van der Waals surface area contributed by atoms with Crippen LogP contribution in [0.15, 0.2) is 24.3 Å². The van der Waals surface area contributed by atoms with E-state index in [1.54, 1.807) is 6.08 Å². The lowest BCUT2D eigenvalue weighted by molar-refractivity contribution is -0.125. The lowest BCUT2D eigenvalue weighted by atomic mass is 9.89. The lowest BCUT2D eigenvalue weighted by Gasteiger charge is -2.22. The molecule has 0 radical (unpaired) electrons. The van der Waals surface area contributed by atoms with Crippen molar-refractivity contribution >= 4 is 11.6 Å². The van der Waals surface area contributed by atoms with Crippen LogP contribution in [-0.4, -0.2) is 58.4 Å². The topological polar surface area (TPSA) is 104 Å². The van der Waals surface area contributed by atoms with E-state index in [1.165, 1.54) is 0 Å². The Balaban J connectivity index is 2.51. The number of hydrogen-bond acceptors (Lipinski definition) is 6. The molecule has 0 spiro atoms. The van der Waals surface area contributed by atoms with Gasteiger partial charge in [-0.05, 0) is 26.2 Å². The normalized spacial score (nSPS) is 25.5. The first-order chi connectivity index (χ1) is 12.8. The highest BCUT2D eigenvalue weighted by atomic mass is 16.5. The molecule has 27 heavy (non-hydrogen) atoms. The first-order valence-corrected chi connectivity index (χ1v) is 9.76. The molecular formula is C21H34O6. The van der Waals surface area contributed by atoms with E-state index in [0.717, 1.165) is 19.3 Å². The zero-order chi connectivity index (χ0) is 20.3. The lowest BCUT2D eigenvalue weighted by Crippen LogP contribution is -2.23. The molecule has 1 saturated carbocycles. The smallest absolute Gasteiger partial charge is 0.183 e. The predicted molar refractivity (Wildman–Crippen MR) is 103 cm³/mol. The van der Waals surface area contributed by atoms with Crippen LogP contribution in [0.4, 0.5) is 0 Å². The summed E-state index contributed by atoms with van der Waals surface area (Å²) in [4.78, 5) is 23.1. The van der Waals surface area contributed by atoms with Crippen molar-refractivity contribution in [2.75, 3.05) is 19.8 Å². The van der Waals surface area contributed by atoms with Gasteiger partial charge in [0, 0.05) is 18.3 Å². The molecule has 1 aliphatic carbocycles. The van der Waals surface area contributed by atoms with Crippen LogP contribution in [0.3, 0.4) is 0 Å². The number of ether oxygens (including phenoxy) is 1. The van der Waals surface area contributed by atoms with E-state index in [-0.39, 0.29) is 43.0 Å². The number of aliphatic hydroxyl groups excluding tert-OH is 2. The fourth-order valence-electron chi connectivity index (χ4n) is 3.26. The van der Waals surface area contributed by atoms with Crippen molar-refractivity contribution in [1.82, 2.24) is 0 Å². The van der Waals surface area contributed by atoms with Gasteiger partial charge in [0.1, 0.15) is 19.0 Å². The summed E-state index contributed by atoms with van der Waals surface area (Å²) in [5.74, 6) is -0.874. The van der Waals surface area contributed by atoms with Crippen LogP contribution < -0.4 is 0 Å². The SMILES string of the molecule is CCCCC(C)(O)C/C=C/[C@H]1[C@H](O)CC(=O)[C@@H]1C/C=C\COCC(=O)CO. The summed E-state index contributed by atoms with van der Waals surface area (Å²) in [6.07, 6.45) is 10.5. The molecule has 0 heterocycles. The first-order valence-electron chi connectivity index (χ1n) is 9.76. The molecule has 1 rings (SSSR count). The minimum atomic E-state index is -0.765. The zero-order valence-electron chi connectivity index (χ0n) is 16.5. The number of allylic oxidation sites excluding steroid dienone is 1. The van der Waals surface area contributed by atoms with Gasteiger partial charge >= 0.3 is 0 Å². The second-order valence-electron chi connectivity index (χ2n) is 7.57. The van der Waals surface area contributed by atoms with Crippen LogP contribution in [0.2, 0.25) is 0 Å². The summed E-state index contributed by atoms with van der Waals surface area (Å²) in [5.41, 5.74) is -0.765. The Kier molecular flexibility index (Phi) is 10.7. The van der Waals surface area contributed by atoms with Crippen molar-refractivity contribution in [3.8, 4) is 0 Å². The van der Waals surface area contributed by atoms with Crippen molar-refractivity contribution in [2.45, 2.75) is 64.1 Å². The van der Waals surface area contributed by atoms with Gasteiger partial charge in [-0.15, -0.1) is 0 Å². The molecular weight excluding hydrogens is 348 g/mol. The molecule has 0 bridgehead atoms. The maximum absolute atomic E-state index is 12.2. The predicted octanol–water partition coefficient (Wildman–Crippen LogP) is 1.96. The molecule has 0 aromatic carbocycles. The molecule has 0 amide bonds. The third-order valence-corrected chi connectivity index (χ3v) is 4.93. The van der Waals surface area contributed by atoms with Crippen LogP contribution in [0, 0.1) is 11.8 Å². The van der Waals surface area contributed by atoms with Crippen LogP contribution >= 0.6 is 0 Å². The van der Waals surface area contributed by atoms with Gasteiger partial charge in [-0.3, -0.25) is 9.59 Å². The fourth-order valence-corrected chi connectivity index (χ4v) is 3.26. The number of Topliss-reactive ketones (excluding diaryl/α,β-unsaturated/α-hetero) is 2. The Morgan fingerprint density at radius 3 is 2.74 bits per heavy atom. The quantitative estimate of drug-likeness (QED) is 0.332. The number of unbranched alkanes of at least 4 members (excludes halogenated alkanes) is 1. The van der Waals surface area contributed by atoms with Gasteiger partial charge in [0.25, 0.3) is 0 Å². The number of rotatable bonds is 13. The number of carbonyl (C=O) groups excluding carboxylic acids is 2. The summed E-state index contributed by atoms with van der Waals surface area (Å²) < 4.78 is 5.09. The van der Waals surface area contributed by atoms with Crippen molar-refractivity contribution in [1.29, 1.82) is 0 Å². The van der Waals surface area contributed by atoms with Crippen LogP contribution in [0.25, 0.3) is 0 Å². The molecule has 1 unspecified atom stereocenters. The highest BCUT2D eigenvalue weighted by Gasteiger charge is 2.39. The molecule has 1 aliphatic rings. The average Bonchev–Trinajstić information content (AvgIpc) is 2.89. The molecule has 1 fully saturated rings. The van der Waals surface area contributed by atoms with E-state index < -0.39 is 18.3 Å². The minimum Gasteiger partial charge on any atom is -0.392 e. The number of carbonyl (C=O) groups is 2. The van der Waals surface area contributed by atoms with E-state index in [2.05, 4.69) is 6.92 Å². The van der Waals surface area contributed by atoms with E-state index in [4.69, 9.17) is 9.84 Å². The van der Waals surface area contributed by atoms with Crippen molar-refractivity contribution in [3.05, 3.63) is 24.3 Å². The first kappa shape index (κ1) is 23.7. The van der Waals surface area contributed by atoms with E-state index >= 15 is 0 Å². The molecule has 0 saturated heterocycles. The second-order valence-corrected chi connectivity index (χ2v) is 7.57. The number of ketones is 2. The average molecular weight is 382 g/mol. The van der Waals surface area contributed by atoms with Gasteiger partial charge in [0.2, 0.25) is 0 Å². The number of hydrogen-bond donors (Lipinski definition) is 3. The Labute approximate surface area is 161 Å². The van der Waals surface area contributed by atoms with Gasteiger partial charge in [0.05, 0.1) is 18.3 Å². The Hall–Kier alpha value is -1.34. The van der Waals surface area contributed by atoms with Gasteiger partial charge in [-0.25, -0.2) is 0 Å². The third kappa shape index (κ3) is 8.93. The Morgan fingerprint density at radius 2 is 2.07 bits per heavy atom. The largest absolute Gasteiger partial charge is 0.392 e. The Bertz CT molecular complexity index is 523. The molecule has 154 valence electrons. The minimum absolute atomic E-state index is 0.0379. The Morgan fingerprint density at radius 1 is 1.33 bits per heavy atom. The molecule has 0 aromatic rings. The standard InChI is InChI=1S/C21H34O6/c1-3-4-10-21(2,26)11-7-9-18-17(19(24)13-20(18)25)8-5-6-12-27-15-16(23)14-22/h5-7,9,17-18,20,22,25-26H,3-4,8,10-15H2,1-2H3/b6-5-,9-7+/t17-,18-,20-,21?/m1/s1. The molecule has 0 aromatic heterocycles. The molecule has 3 N–H and O–H groups in total. The van der Waals surface area contributed by atoms with Crippen LogP contribution in [-0.2, 0) is 14.3 Å². The van der Waals surface area contributed by atoms with Crippen molar-refractivity contribution in [2.24, 2.45) is 11.8 Å². The van der Waals surface area contributed by atoms with Crippen LogP contribution in [0.5, 0.6) is 0 Å². The molecule has 6 heteroatoms. The van der Waals surface area contributed by atoms with E-state index in [1.807, 2.05) is 25.2 Å². The van der Waals surface area contributed by atoms with E-state index in [0.29, 0.717) is 12.8 Å². The highest BCUT2D eigenvalue weighted by Crippen LogP contribution is 2.33. The summed E-state index contributed by atoms with van der Waals surface area (Å²) >= 11 is 0. The summed E-state index contributed by atoms with van der Waals surface area (Å²) in [6.45, 7) is 3.46. The number of aliphatic hydroxyl groups is 3. The fraction of sp³-hybridized carbons (Fsp3) is 0.714. The molecule has 6 nitrogen and oxygen atoms in total. The third-order valence-electron chi connectivity index (χ3n) is 4.93. The van der Waals surface area contributed by atoms with Gasteiger partial charge < -0.3 is 20.1 Å².